The molecule has 28 heavy (non-hydrogen) atoms. The predicted molar refractivity (Wildman–Crippen MR) is 102 cm³/mol. The van der Waals surface area contributed by atoms with Gasteiger partial charge in [0.05, 0.1) is 12.1 Å². The topological polar surface area (TPSA) is 69.6 Å². The van der Waals surface area contributed by atoms with Gasteiger partial charge in [-0.2, -0.15) is 0 Å². The number of rotatable bonds is 4. The summed E-state index contributed by atoms with van der Waals surface area (Å²) in [4.78, 5) is 24.7. The van der Waals surface area contributed by atoms with Gasteiger partial charge in [-0.3, -0.25) is 9.59 Å². The molecule has 6 nitrogen and oxygen atoms in total. The number of aromatic nitrogens is 1. The van der Waals surface area contributed by atoms with E-state index >= 15 is 0 Å². The quantitative estimate of drug-likeness (QED) is 0.755. The Bertz CT molecular complexity index is 1090. The fourth-order valence-electron chi connectivity index (χ4n) is 2.92. The molecule has 1 aromatic heterocycles. The van der Waals surface area contributed by atoms with Crippen molar-refractivity contribution in [3.05, 3.63) is 88.1 Å². The molecule has 0 atom stereocenters. The molecule has 3 aromatic rings. The second kappa shape index (κ2) is 7.56. The maximum Gasteiger partial charge on any atom is 0.257 e. The summed E-state index contributed by atoms with van der Waals surface area (Å²) in [6, 6.07) is 14.1. The normalized spacial score (nSPS) is 12.5. The number of nitrogens with one attached hydrogen (secondary N) is 1. The molecule has 0 spiro atoms. The van der Waals surface area contributed by atoms with Crippen LogP contribution in [0.15, 0.2) is 65.6 Å². The number of nitrogens with zero attached hydrogens (tertiary/aromatic N) is 1. The number of hydrogen-bond acceptors (Lipinski definition) is 4. The van der Waals surface area contributed by atoms with Crippen molar-refractivity contribution in [3.8, 4) is 11.5 Å². The first-order valence-corrected chi connectivity index (χ1v) is 8.75. The Morgan fingerprint density at radius 3 is 2.64 bits per heavy atom. The molecule has 2 aromatic carbocycles. The molecule has 0 bridgehead atoms. The second-order valence-corrected chi connectivity index (χ2v) is 6.29. The lowest BCUT2D eigenvalue weighted by Gasteiger charge is -2.19. The summed E-state index contributed by atoms with van der Waals surface area (Å²) in [5.74, 6) is 0.399. The summed E-state index contributed by atoms with van der Waals surface area (Å²) < 4.78 is 26.1. The van der Waals surface area contributed by atoms with Crippen LogP contribution in [0.5, 0.6) is 11.5 Å². The van der Waals surface area contributed by atoms with Gasteiger partial charge in [0.25, 0.3) is 11.5 Å². The highest BCUT2D eigenvalue weighted by atomic mass is 19.1. The van der Waals surface area contributed by atoms with Crippen LogP contribution in [0.4, 0.5) is 10.1 Å². The van der Waals surface area contributed by atoms with Crippen LogP contribution in [0.2, 0.25) is 0 Å². The van der Waals surface area contributed by atoms with Gasteiger partial charge in [0, 0.05) is 29.6 Å². The van der Waals surface area contributed by atoms with Crippen LogP contribution in [0.1, 0.15) is 15.9 Å². The molecule has 0 saturated heterocycles. The molecule has 0 aliphatic carbocycles. The third kappa shape index (κ3) is 3.73. The maximum absolute atomic E-state index is 13.9. The van der Waals surface area contributed by atoms with Gasteiger partial charge in [0.15, 0.2) is 11.5 Å². The molecule has 0 radical (unpaired) electrons. The Kier molecular flexibility index (Phi) is 4.80. The lowest BCUT2D eigenvalue weighted by molar-refractivity contribution is 0.102. The summed E-state index contributed by atoms with van der Waals surface area (Å²) in [5, 5.41) is 2.77. The van der Waals surface area contributed by atoms with Crippen molar-refractivity contribution in [3.63, 3.8) is 0 Å². The summed E-state index contributed by atoms with van der Waals surface area (Å²) in [6.07, 6.45) is 1.42. The number of carbonyl (C=O) groups excluding carboxylic acids is 1. The van der Waals surface area contributed by atoms with Gasteiger partial charge in [-0.15, -0.1) is 0 Å². The molecule has 142 valence electrons. The molecule has 1 N–H and O–H groups in total. The number of pyridine rings is 1. The molecule has 7 heteroatoms. The van der Waals surface area contributed by atoms with Crippen LogP contribution >= 0.6 is 0 Å². The zero-order valence-electron chi connectivity index (χ0n) is 14.9. The average Bonchev–Trinajstić information content (AvgIpc) is 2.71. The van der Waals surface area contributed by atoms with Gasteiger partial charge in [-0.25, -0.2) is 4.39 Å². The van der Waals surface area contributed by atoms with Crippen molar-refractivity contribution in [1.82, 2.24) is 4.57 Å². The van der Waals surface area contributed by atoms with Crippen LogP contribution in [0.25, 0.3) is 0 Å². The minimum atomic E-state index is -0.402. The van der Waals surface area contributed by atoms with Crippen molar-refractivity contribution in [2.75, 3.05) is 18.5 Å². The molecule has 0 saturated carbocycles. The standard InChI is InChI=1S/C21H17FN2O4/c22-17-4-2-1-3-14(17)12-24-13-15(5-8-20(24)25)21(26)23-16-6-7-18-19(11-16)28-10-9-27-18/h1-8,11,13H,9-10,12H2,(H,23,26). The average molecular weight is 380 g/mol. The number of halogens is 1. The first-order chi connectivity index (χ1) is 13.6. The largest absolute Gasteiger partial charge is 0.486 e. The number of hydrogen-bond donors (Lipinski definition) is 1. The third-order valence-corrected chi connectivity index (χ3v) is 4.34. The molecule has 4 rings (SSSR count). The highest BCUT2D eigenvalue weighted by Crippen LogP contribution is 2.32. The van der Waals surface area contributed by atoms with Crippen molar-refractivity contribution in [2.24, 2.45) is 0 Å². The number of carbonyl (C=O) groups is 1. The van der Waals surface area contributed by atoms with E-state index in [4.69, 9.17) is 9.47 Å². The van der Waals surface area contributed by atoms with Crippen molar-refractivity contribution in [1.29, 1.82) is 0 Å². The van der Waals surface area contributed by atoms with Crippen molar-refractivity contribution < 1.29 is 18.7 Å². The van der Waals surface area contributed by atoms with Crippen LogP contribution in [0.3, 0.4) is 0 Å². The van der Waals surface area contributed by atoms with Crippen LogP contribution in [0, 0.1) is 5.82 Å². The minimum absolute atomic E-state index is 0.0383. The van der Waals surface area contributed by atoms with E-state index in [1.165, 1.54) is 29.0 Å². The van der Waals surface area contributed by atoms with Gasteiger partial charge >= 0.3 is 0 Å². The molecule has 1 amide bonds. The summed E-state index contributed by atoms with van der Waals surface area (Å²) in [7, 11) is 0. The first kappa shape index (κ1) is 17.8. The van der Waals surface area contributed by atoms with E-state index in [0.29, 0.717) is 36.0 Å². The Balaban J connectivity index is 1.55. The predicted octanol–water partition coefficient (Wildman–Crippen LogP) is 3.06. The van der Waals surface area contributed by atoms with Gasteiger partial charge in [-0.05, 0) is 24.3 Å². The Morgan fingerprint density at radius 1 is 1.04 bits per heavy atom. The number of fused-ring (bicyclic) bond motifs is 1. The molecular weight excluding hydrogens is 363 g/mol. The smallest absolute Gasteiger partial charge is 0.257 e. The van der Waals surface area contributed by atoms with Crippen LogP contribution in [-0.2, 0) is 6.54 Å². The molecular formula is C21H17FN2O4. The Morgan fingerprint density at radius 2 is 1.82 bits per heavy atom. The molecule has 0 fully saturated rings. The van der Waals surface area contributed by atoms with Gasteiger partial charge in [0.1, 0.15) is 19.0 Å². The SMILES string of the molecule is O=C(Nc1ccc2c(c1)OCCO2)c1ccc(=O)n(Cc2ccccc2F)c1. The van der Waals surface area contributed by atoms with E-state index in [-0.39, 0.29) is 23.6 Å². The van der Waals surface area contributed by atoms with E-state index in [2.05, 4.69) is 5.32 Å². The van der Waals surface area contributed by atoms with E-state index in [1.807, 2.05) is 0 Å². The maximum atomic E-state index is 13.9. The van der Waals surface area contributed by atoms with E-state index in [0.717, 1.165) is 0 Å². The summed E-state index contributed by atoms with van der Waals surface area (Å²) >= 11 is 0. The van der Waals surface area contributed by atoms with Gasteiger partial charge in [0.2, 0.25) is 0 Å². The summed E-state index contributed by atoms with van der Waals surface area (Å²) in [6.45, 7) is 0.977. The van der Waals surface area contributed by atoms with E-state index in [9.17, 15) is 14.0 Å². The number of benzene rings is 2. The van der Waals surface area contributed by atoms with E-state index in [1.54, 1.807) is 36.4 Å². The summed E-state index contributed by atoms with van der Waals surface area (Å²) in [5.41, 5.74) is 0.875. The van der Waals surface area contributed by atoms with Crippen molar-refractivity contribution in [2.45, 2.75) is 6.54 Å². The highest BCUT2D eigenvalue weighted by Gasteiger charge is 2.14. The minimum Gasteiger partial charge on any atom is -0.486 e. The number of anilines is 1. The monoisotopic (exact) mass is 380 g/mol. The lowest BCUT2D eigenvalue weighted by Crippen LogP contribution is -2.23. The zero-order chi connectivity index (χ0) is 19.5. The Labute approximate surface area is 160 Å². The van der Waals surface area contributed by atoms with Crippen LogP contribution < -0.4 is 20.3 Å². The van der Waals surface area contributed by atoms with E-state index < -0.39 is 5.82 Å². The zero-order valence-corrected chi connectivity index (χ0v) is 14.9. The fourth-order valence-corrected chi connectivity index (χ4v) is 2.92. The first-order valence-electron chi connectivity index (χ1n) is 8.75. The number of ether oxygens (including phenoxy) is 2. The van der Waals surface area contributed by atoms with Crippen LogP contribution in [-0.4, -0.2) is 23.7 Å². The second-order valence-electron chi connectivity index (χ2n) is 6.29. The van der Waals surface area contributed by atoms with Gasteiger partial charge in [-0.1, -0.05) is 18.2 Å². The molecule has 2 heterocycles. The molecule has 1 aliphatic heterocycles. The highest BCUT2D eigenvalue weighted by molar-refractivity contribution is 6.04. The molecule has 0 unspecified atom stereocenters. The van der Waals surface area contributed by atoms with Gasteiger partial charge < -0.3 is 19.4 Å². The third-order valence-electron chi connectivity index (χ3n) is 4.34. The fraction of sp³-hybridized carbons (Fsp3) is 0.143. The Hall–Kier alpha value is -3.61. The molecule has 1 aliphatic rings. The van der Waals surface area contributed by atoms with Crippen molar-refractivity contribution >= 4 is 11.6 Å². The number of amides is 1. The lowest BCUT2D eigenvalue weighted by atomic mass is 10.2.